The monoisotopic (exact) mass is 381 g/mol. The van der Waals surface area contributed by atoms with E-state index in [1.807, 2.05) is 0 Å². The molecule has 0 heterocycles. The molecule has 0 aromatic heterocycles. The van der Waals surface area contributed by atoms with Crippen molar-refractivity contribution < 1.29 is 32.5 Å². The number of carbonyl (C=O) groups excluding carboxylic acids is 1. The van der Waals surface area contributed by atoms with Crippen molar-refractivity contribution in [2.75, 3.05) is 27.9 Å². The lowest BCUT2D eigenvalue weighted by molar-refractivity contribution is -0.0512. The van der Waals surface area contributed by atoms with Gasteiger partial charge in [0.2, 0.25) is 0 Å². The summed E-state index contributed by atoms with van der Waals surface area (Å²) >= 11 is 0. The Bertz CT molecular complexity index is 783. The molecule has 146 valence electrons. The van der Waals surface area contributed by atoms with Crippen molar-refractivity contribution in [1.82, 2.24) is 5.32 Å². The number of methoxy groups -OCH3 is 3. The molecule has 27 heavy (non-hydrogen) atoms. The Morgan fingerprint density at radius 1 is 0.963 bits per heavy atom. The zero-order valence-corrected chi connectivity index (χ0v) is 15.3. The average molecular weight is 381 g/mol. The first-order valence-electron chi connectivity index (χ1n) is 8.10. The molecule has 2 aromatic carbocycles. The van der Waals surface area contributed by atoms with E-state index in [0.717, 1.165) is 5.56 Å². The third-order valence-corrected chi connectivity index (χ3v) is 3.79. The summed E-state index contributed by atoms with van der Waals surface area (Å²) in [5.41, 5.74) is 1.15. The highest BCUT2D eigenvalue weighted by molar-refractivity contribution is 5.97. The van der Waals surface area contributed by atoms with E-state index in [0.29, 0.717) is 30.0 Å². The molecule has 2 rings (SSSR count). The molecule has 0 spiro atoms. The minimum absolute atomic E-state index is 0.0404. The maximum atomic E-state index is 12.4. The number of hydrogen-bond acceptors (Lipinski definition) is 5. The van der Waals surface area contributed by atoms with Gasteiger partial charge in [-0.15, -0.1) is 0 Å². The van der Waals surface area contributed by atoms with E-state index in [4.69, 9.17) is 14.2 Å². The highest BCUT2D eigenvalue weighted by Gasteiger charge is 2.14. The van der Waals surface area contributed by atoms with Crippen LogP contribution in [0.25, 0.3) is 0 Å². The van der Waals surface area contributed by atoms with Crippen LogP contribution in [0.3, 0.4) is 0 Å². The zero-order valence-electron chi connectivity index (χ0n) is 15.3. The fourth-order valence-corrected chi connectivity index (χ4v) is 2.47. The van der Waals surface area contributed by atoms with Gasteiger partial charge in [0.25, 0.3) is 5.91 Å². The Hall–Kier alpha value is -3.03. The van der Waals surface area contributed by atoms with Crippen LogP contribution >= 0.6 is 0 Å². The highest BCUT2D eigenvalue weighted by atomic mass is 19.3. The second-order valence-corrected chi connectivity index (χ2v) is 5.44. The minimum atomic E-state index is -2.93. The highest BCUT2D eigenvalue weighted by Crippen LogP contribution is 2.29. The summed E-state index contributed by atoms with van der Waals surface area (Å²) in [4.78, 5) is 12.4. The first-order valence-corrected chi connectivity index (χ1v) is 8.10. The number of benzene rings is 2. The van der Waals surface area contributed by atoms with E-state index in [2.05, 4.69) is 10.1 Å². The van der Waals surface area contributed by atoms with Crippen molar-refractivity contribution in [1.29, 1.82) is 0 Å². The largest absolute Gasteiger partial charge is 0.497 e. The van der Waals surface area contributed by atoms with Gasteiger partial charge in [-0.1, -0.05) is 6.07 Å². The Labute approximate surface area is 156 Å². The maximum Gasteiger partial charge on any atom is 0.387 e. The Balaban J connectivity index is 2.01. The third kappa shape index (κ3) is 5.47. The van der Waals surface area contributed by atoms with E-state index in [9.17, 15) is 13.6 Å². The van der Waals surface area contributed by atoms with Crippen LogP contribution in [0, 0.1) is 0 Å². The van der Waals surface area contributed by atoms with E-state index in [1.165, 1.54) is 27.4 Å². The van der Waals surface area contributed by atoms with E-state index >= 15 is 0 Å². The topological polar surface area (TPSA) is 66.0 Å². The van der Waals surface area contributed by atoms with Crippen LogP contribution in [0.5, 0.6) is 23.0 Å². The van der Waals surface area contributed by atoms with Gasteiger partial charge in [0.05, 0.1) is 26.9 Å². The molecule has 0 fully saturated rings. The van der Waals surface area contributed by atoms with Crippen LogP contribution in [0.15, 0.2) is 36.4 Å². The molecule has 0 saturated heterocycles. The Morgan fingerprint density at radius 3 is 2.30 bits per heavy atom. The molecule has 0 radical (unpaired) electrons. The van der Waals surface area contributed by atoms with Crippen molar-refractivity contribution in [2.24, 2.45) is 0 Å². The molecule has 0 aliphatic rings. The molecule has 0 aliphatic carbocycles. The zero-order chi connectivity index (χ0) is 19.8. The van der Waals surface area contributed by atoms with Gasteiger partial charge < -0.3 is 24.3 Å². The predicted molar refractivity (Wildman–Crippen MR) is 95.2 cm³/mol. The smallest absolute Gasteiger partial charge is 0.387 e. The maximum absolute atomic E-state index is 12.4. The Morgan fingerprint density at radius 2 is 1.67 bits per heavy atom. The number of nitrogens with one attached hydrogen (secondary N) is 1. The molecular formula is C19H21F2NO5. The van der Waals surface area contributed by atoms with Crippen LogP contribution in [0.4, 0.5) is 8.78 Å². The summed E-state index contributed by atoms with van der Waals surface area (Å²) < 4.78 is 44.5. The first-order chi connectivity index (χ1) is 13.0. The molecule has 0 bridgehead atoms. The molecule has 0 aliphatic heterocycles. The third-order valence-electron chi connectivity index (χ3n) is 3.79. The quantitative estimate of drug-likeness (QED) is 0.722. The van der Waals surface area contributed by atoms with Crippen molar-refractivity contribution in [3.63, 3.8) is 0 Å². The number of ether oxygens (including phenoxy) is 4. The minimum Gasteiger partial charge on any atom is -0.497 e. The molecule has 0 unspecified atom stereocenters. The van der Waals surface area contributed by atoms with Crippen LogP contribution < -0.4 is 24.3 Å². The number of alkyl halides is 2. The molecule has 1 amide bonds. The summed E-state index contributed by atoms with van der Waals surface area (Å²) in [7, 11) is 4.36. The fourth-order valence-electron chi connectivity index (χ4n) is 2.47. The van der Waals surface area contributed by atoms with Crippen molar-refractivity contribution >= 4 is 5.91 Å². The SMILES string of the molecule is COc1ccc(OC)c(C(=O)NCCc2ccc(OC(F)F)c(OC)c2)c1. The second kappa shape index (κ2) is 9.61. The first kappa shape index (κ1) is 20.3. The molecule has 0 atom stereocenters. The van der Waals surface area contributed by atoms with Crippen LogP contribution in [0.2, 0.25) is 0 Å². The van der Waals surface area contributed by atoms with Gasteiger partial charge >= 0.3 is 6.61 Å². The van der Waals surface area contributed by atoms with E-state index in [-0.39, 0.29) is 17.4 Å². The summed E-state index contributed by atoms with van der Waals surface area (Å²) in [5, 5.41) is 2.79. The van der Waals surface area contributed by atoms with Gasteiger partial charge in [0.15, 0.2) is 11.5 Å². The van der Waals surface area contributed by atoms with Gasteiger partial charge in [0, 0.05) is 6.54 Å². The van der Waals surface area contributed by atoms with Gasteiger partial charge in [0.1, 0.15) is 11.5 Å². The molecule has 2 aromatic rings. The molecule has 8 heteroatoms. The van der Waals surface area contributed by atoms with Crippen LogP contribution in [-0.4, -0.2) is 40.4 Å². The van der Waals surface area contributed by atoms with Crippen molar-refractivity contribution in [2.45, 2.75) is 13.0 Å². The van der Waals surface area contributed by atoms with Gasteiger partial charge in [-0.2, -0.15) is 8.78 Å². The molecule has 0 saturated carbocycles. The number of carbonyl (C=O) groups is 1. The number of amides is 1. The Kier molecular flexibility index (Phi) is 7.22. The molecule has 6 nitrogen and oxygen atoms in total. The molecular weight excluding hydrogens is 360 g/mol. The predicted octanol–water partition coefficient (Wildman–Crippen LogP) is 3.29. The lowest BCUT2D eigenvalue weighted by Crippen LogP contribution is -2.26. The number of rotatable bonds is 9. The van der Waals surface area contributed by atoms with E-state index < -0.39 is 6.61 Å². The van der Waals surface area contributed by atoms with Crippen LogP contribution in [-0.2, 0) is 6.42 Å². The average Bonchev–Trinajstić information content (AvgIpc) is 2.67. The van der Waals surface area contributed by atoms with E-state index in [1.54, 1.807) is 30.3 Å². The summed E-state index contributed by atoms with van der Waals surface area (Å²) in [6.45, 7) is -2.60. The molecule has 1 N–H and O–H groups in total. The summed E-state index contributed by atoms with van der Waals surface area (Å²) in [6, 6.07) is 9.58. The standard InChI is InChI=1S/C19H21F2NO5/c1-24-13-5-7-15(25-2)14(11-13)18(23)22-9-8-12-4-6-16(27-19(20)21)17(10-12)26-3/h4-7,10-11,19H,8-9H2,1-3H3,(H,22,23). The summed E-state index contributed by atoms with van der Waals surface area (Å²) in [6.07, 6.45) is 0.476. The second-order valence-electron chi connectivity index (χ2n) is 5.44. The number of hydrogen-bond donors (Lipinski definition) is 1. The van der Waals surface area contributed by atoms with Crippen molar-refractivity contribution in [3.8, 4) is 23.0 Å². The lowest BCUT2D eigenvalue weighted by Gasteiger charge is -2.13. The lowest BCUT2D eigenvalue weighted by atomic mass is 10.1. The number of halogens is 2. The van der Waals surface area contributed by atoms with Gasteiger partial charge in [-0.25, -0.2) is 0 Å². The van der Waals surface area contributed by atoms with Crippen LogP contribution in [0.1, 0.15) is 15.9 Å². The van der Waals surface area contributed by atoms with Crippen molar-refractivity contribution in [3.05, 3.63) is 47.5 Å². The summed E-state index contributed by atoms with van der Waals surface area (Å²) in [5.74, 6) is 0.828. The van der Waals surface area contributed by atoms with Gasteiger partial charge in [-0.05, 0) is 42.3 Å². The fraction of sp³-hybridized carbons (Fsp3) is 0.316. The normalized spacial score (nSPS) is 10.4. The van der Waals surface area contributed by atoms with Gasteiger partial charge in [-0.3, -0.25) is 4.79 Å².